The number of amides is 1. The topological polar surface area (TPSA) is 100 Å². The second-order valence-corrected chi connectivity index (χ2v) is 6.51. The molecule has 1 aromatic carbocycles. The summed E-state index contributed by atoms with van der Waals surface area (Å²) in [6.45, 7) is 4.27. The Kier molecular flexibility index (Phi) is 5.00. The van der Waals surface area contributed by atoms with E-state index in [4.69, 9.17) is 4.74 Å². The molecule has 0 saturated carbocycles. The van der Waals surface area contributed by atoms with Crippen LogP contribution in [0.2, 0.25) is 0 Å². The van der Waals surface area contributed by atoms with Gasteiger partial charge in [0, 0.05) is 42.3 Å². The third-order valence-corrected chi connectivity index (χ3v) is 4.56. The first-order chi connectivity index (χ1) is 11.9. The molecule has 134 valence electrons. The number of nitro benzene ring substituents is 1. The summed E-state index contributed by atoms with van der Waals surface area (Å²) in [5.74, 6) is -0.128. The highest BCUT2D eigenvalue weighted by Crippen LogP contribution is 2.24. The van der Waals surface area contributed by atoms with Crippen LogP contribution in [0.15, 0.2) is 24.4 Å². The highest BCUT2D eigenvalue weighted by molar-refractivity contribution is 5.90. The highest BCUT2D eigenvalue weighted by Gasteiger charge is 2.25. The molecule has 1 aliphatic heterocycles. The summed E-state index contributed by atoms with van der Waals surface area (Å²) in [5, 5.41) is 14.6. The zero-order valence-electron chi connectivity index (χ0n) is 14.3. The van der Waals surface area contributed by atoms with Crippen molar-refractivity contribution in [2.45, 2.75) is 25.5 Å². The largest absolute Gasteiger partial charge is 0.373 e. The Balaban J connectivity index is 1.67. The molecule has 2 N–H and O–H groups in total. The van der Waals surface area contributed by atoms with Crippen LogP contribution in [0.5, 0.6) is 0 Å². The maximum Gasteiger partial charge on any atom is 0.270 e. The second-order valence-electron chi connectivity index (χ2n) is 6.51. The summed E-state index contributed by atoms with van der Waals surface area (Å²) in [7, 11) is 2.03. The van der Waals surface area contributed by atoms with Crippen LogP contribution in [0.4, 0.5) is 5.69 Å². The van der Waals surface area contributed by atoms with E-state index in [-0.39, 0.29) is 30.2 Å². The van der Waals surface area contributed by atoms with Crippen LogP contribution < -0.4 is 5.32 Å². The number of fused-ring (bicyclic) bond motifs is 1. The second kappa shape index (κ2) is 7.20. The number of hydrogen-bond donors (Lipinski definition) is 2. The molecule has 1 saturated heterocycles. The number of ether oxygens (including phenoxy) is 1. The average molecular weight is 346 g/mol. The minimum atomic E-state index is -0.435. The van der Waals surface area contributed by atoms with Crippen molar-refractivity contribution in [1.82, 2.24) is 15.2 Å². The van der Waals surface area contributed by atoms with Crippen LogP contribution in [0, 0.1) is 10.1 Å². The lowest BCUT2D eigenvalue weighted by Gasteiger charge is -2.33. The maximum atomic E-state index is 12.4. The molecule has 2 atom stereocenters. The molecular weight excluding hydrogens is 324 g/mol. The Morgan fingerprint density at radius 2 is 2.36 bits per heavy atom. The molecule has 8 heteroatoms. The molecule has 0 aliphatic carbocycles. The third-order valence-electron chi connectivity index (χ3n) is 4.56. The van der Waals surface area contributed by atoms with E-state index < -0.39 is 4.92 Å². The Bertz CT molecular complexity index is 788. The Hall–Kier alpha value is -2.45. The van der Waals surface area contributed by atoms with Crippen LogP contribution in [-0.2, 0) is 16.0 Å². The van der Waals surface area contributed by atoms with Crippen molar-refractivity contribution < 1.29 is 14.5 Å². The monoisotopic (exact) mass is 346 g/mol. The highest BCUT2D eigenvalue weighted by atomic mass is 16.6. The summed E-state index contributed by atoms with van der Waals surface area (Å²) >= 11 is 0. The van der Waals surface area contributed by atoms with Gasteiger partial charge < -0.3 is 19.9 Å². The minimum Gasteiger partial charge on any atom is -0.373 e. The van der Waals surface area contributed by atoms with Crippen LogP contribution in [0.3, 0.4) is 0 Å². The van der Waals surface area contributed by atoms with E-state index in [0.717, 1.165) is 24.2 Å². The Labute approximate surface area is 145 Å². The van der Waals surface area contributed by atoms with E-state index in [0.29, 0.717) is 12.0 Å². The van der Waals surface area contributed by atoms with E-state index >= 15 is 0 Å². The predicted molar refractivity (Wildman–Crippen MR) is 93.5 cm³/mol. The fraction of sp³-hybridized carbons (Fsp3) is 0.471. The van der Waals surface area contributed by atoms with Gasteiger partial charge in [0.1, 0.15) is 0 Å². The van der Waals surface area contributed by atoms with Crippen molar-refractivity contribution in [2.75, 3.05) is 26.7 Å². The number of rotatable bonds is 5. The molecule has 0 radical (unpaired) electrons. The standard InChI is InChI=1S/C17H22N4O4/c1-11(16-10-20(2)5-6-25-16)19-17(22)7-12-9-18-15-4-3-13(21(23)24)8-14(12)15/h3-4,8-9,11,16,18H,5-7,10H2,1-2H3,(H,19,22). The molecule has 0 spiro atoms. The first-order valence-electron chi connectivity index (χ1n) is 8.28. The SMILES string of the molecule is CC(NC(=O)Cc1c[nH]c2ccc([N+](=O)[O-])cc12)C1CN(C)CCO1. The van der Waals surface area contributed by atoms with Crippen LogP contribution in [-0.4, -0.2) is 59.6 Å². The zero-order valence-corrected chi connectivity index (χ0v) is 14.3. The first kappa shape index (κ1) is 17.4. The number of likely N-dealkylation sites (N-methyl/N-ethyl adjacent to an activating group) is 1. The molecule has 1 aromatic heterocycles. The molecule has 2 aromatic rings. The molecule has 2 heterocycles. The van der Waals surface area contributed by atoms with Crippen molar-refractivity contribution in [3.05, 3.63) is 40.1 Å². The number of carbonyl (C=O) groups excluding carboxylic acids is 1. The van der Waals surface area contributed by atoms with Gasteiger partial charge in [-0.05, 0) is 25.6 Å². The molecule has 25 heavy (non-hydrogen) atoms. The number of H-pyrrole nitrogens is 1. The van der Waals surface area contributed by atoms with E-state index in [1.54, 1.807) is 12.3 Å². The van der Waals surface area contributed by atoms with Crippen molar-refractivity contribution in [2.24, 2.45) is 0 Å². The van der Waals surface area contributed by atoms with Gasteiger partial charge in [-0.15, -0.1) is 0 Å². The maximum absolute atomic E-state index is 12.4. The minimum absolute atomic E-state index is 0.0146. The van der Waals surface area contributed by atoms with Crippen molar-refractivity contribution in [3.8, 4) is 0 Å². The van der Waals surface area contributed by atoms with Gasteiger partial charge in [-0.3, -0.25) is 14.9 Å². The number of morpholine rings is 1. The van der Waals surface area contributed by atoms with Crippen LogP contribution in [0.25, 0.3) is 10.9 Å². The molecule has 8 nitrogen and oxygen atoms in total. The smallest absolute Gasteiger partial charge is 0.270 e. The van der Waals surface area contributed by atoms with E-state index in [1.807, 2.05) is 14.0 Å². The quantitative estimate of drug-likeness (QED) is 0.630. The fourth-order valence-corrected chi connectivity index (χ4v) is 3.11. The molecule has 2 unspecified atom stereocenters. The average Bonchev–Trinajstić information content (AvgIpc) is 2.96. The number of benzene rings is 1. The lowest BCUT2D eigenvalue weighted by atomic mass is 10.1. The molecule has 1 aliphatic rings. The number of hydrogen-bond acceptors (Lipinski definition) is 5. The van der Waals surface area contributed by atoms with Gasteiger partial charge >= 0.3 is 0 Å². The molecule has 1 fully saturated rings. The number of nitro groups is 1. The number of nitrogens with one attached hydrogen (secondary N) is 2. The van der Waals surface area contributed by atoms with Gasteiger partial charge in [-0.2, -0.15) is 0 Å². The lowest BCUT2D eigenvalue weighted by molar-refractivity contribution is -0.384. The molecule has 0 bridgehead atoms. The summed E-state index contributed by atoms with van der Waals surface area (Å²) in [6, 6.07) is 4.50. The summed E-state index contributed by atoms with van der Waals surface area (Å²) in [4.78, 5) is 28.1. The number of non-ortho nitro benzene ring substituents is 1. The number of aromatic nitrogens is 1. The zero-order chi connectivity index (χ0) is 18.0. The van der Waals surface area contributed by atoms with Gasteiger partial charge in [-0.25, -0.2) is 0 Å². The van der Waals surface area contributed by atoms with Crippen molar-refractivity contribution in [3.63, 3.8) is 0 Å². The normalized spacial score (nSPS) is 19.7. The molecular formula is C17H22N4O4. The van der Waals surface area contributed by atoms with Crippen LogP contribution in [0.1, 0.15) is 12.5 Å². The first-order valence-corrected chi connectivity index (χ1v) is 8.28. The number of aromatic amines is 1. The molecule has 1 amide bonds. The van der Waals surface area contributed by atoms with Gasteiger partial charge in [-0.1, -0.05) is 0 Å². The van der Waals surface area contributed by atoms with E-state index in [9.17, 15) is 14.9 Å². The number of carbonyl (C=O) groups is 1. The van der Waals surface area contributed by atoms with Gasteiger partial charge in [0.2, 0.25) is 5.91 Å². The predicted octanol–water partition coefficient (Wildman–Crippen LogP) is 1.45. The summed E-state index contributed by atoms with van der Waals surface area (Å²) in [5.41, 5.74) is 1.53. The van der Waals surface area contributed by atoms with Crippen LogP contribution >= 0.6 is 0 Å². The Morgan fingerprint density at radius 3 is 3.08 bits per heavy atom. The van der Waals surface area contributed by atoms with E-state index in [1.165, 1.54) is 12.1 Å². The fourth-order valence-electron chi connectivity index (χ4n) is 3.11. The van der Waals surface area contributed by atoms with E-state index in [2.05, 4.69) is 15.2 Å². The Morgan fingerprint density at radius 1 is 1.56 bits per heavy atom. The van der Waals surface area contributed by atoms with Gasteiger partial charge in [0.05, 0.1) is 30.1 Å². The van der Waals surface area contributed by atoms with Gasteiger partial charge in [0.15, 0.2) is 0 Å². The lowest BCUT2D eigenvalue weighted by Crippen LogP contribution is -2.51. The van der Waals surface area contributed by atoms with Crippen molar-refractivity contribution in [1.29, 1.82) is 0 Å². The summed E-state index contributed by atoms with van der Waals surface area (Å²) < 4.78 is 5.72. The summed E-state index contributed by atoms with van der Waals surface area (Å²) in [6.07, 6.45) is 1.85. The molecule has 3 rings (SSSR count). The number of nitrogens with zero attached hydrogens (tertiary/aromatic N) is 2. The third kappa shape index (κ3) is 3.97. The van der Waals surface area contributed by atoms with Gasteiger partial charge in [0.25, 0.3) is 5.69 Å². The van der Waals surface area contributed by atoms with Crippen molar-refractivity contribution >= 4 is 22.5 Å².